The Bertz CT molecular complexity index is 649. The largest absolute Gasteiger partial charge is 0.494 e. The van der Waals surface area contributed by atoms with Crippen LogP contribution >= 0.6 is 0 Å². The number of methoxy groups -OCH3 is 1. The molecule has 9 heteroatoms. The average Bonchev–Trinajstić information content (AvgIpc) is 2.97. The third kappa shape index (κ3) is 5.09. The van der Waals surface area contributed by atoms with E-state index in [1.165, 1.54) is 20.1 Å². The number of nitrogens with zero attached hydrogens (tertiary/aromatic N) is 1. The molecule has 0 spiro atoms. The summed E-state index contributed by atoms with van der Waals surface area (Å²) < 4.78 is 46.1. The third-order valence-corrected chi connectivity index (χ3v) is 3.68. The summed E-state index contributed by atoms with van der Waals surface area (Å²) in [5.74, 6) is -0.336. The van der Waals surface area contributed by atoms with E-state index in [1.54, 1.807) is 17.0 Å². The Kier molecular flexibility index (Phi) is 5.89. The number of halogens is 3. The molecule has 0 unspecified atom stereocenters. The van der Waals surface area contributed by atoms with E-state index in [9.17, 15) is 22.8 Å². The molecular weight excluding hydrogens is 341 g/mol. The predicted octanol–water partition coefficient (Wildman–Crippen LogP) is 2.73. The highest BCUT2D eigenvalue weighted by atomic mass is 19.4. The molecule has 1 aromatic rings. The van der Waals surface area contributed by atoms with Crippen LogP contribution in [0.2, 0.25) is 0 Å². The summed E-state index contributed by atoms with van der Waals surface area (Å²) in [6.07, 6.45) is -4.54. The van der Waals surface area contributed by atoms with E-state index in [0.717, 1.165) is 6.42 Å². The Morgan fingerprint density at radius 3 is 2.68 bits per heavy atom. The van der Waals surface area contributed by atoms with Crippen LogP contribution in [0.4, 0.5) is 24.5 Å². The molecule has 2 amide bonds. The number of hydrogen-bond acceptors (Lipinski definition) is 4. The molecule has 0 aromatic heterocycles. The van der Waals surface area contributed by atoms with E-state index < -0.39 is 24.8 Å². The van der Waals surface area contributed by atoms with Gasteiger partial charge in [0.05, 0.1) is 12.8 Å². The number of alkyl halides is 3. The Morgan fingerprint density at radius 1 is 1.40 bits per heavy atom. The summed E-state index contributed by atoms with van der Waals surface area (Å²) in [4.78, 5) is 25.4. The first-order valence-electron chi connectivity index (χ1n) is 7.69. The van der Waals surface area contributed by atoms with Crippen molar-refractivity contribution >= 4 is 23.2 Å². The molecule has 0 aliphatic carbocycles. The highest BCUT2D eigenvalue weighted by Gasteiger charge is 2.30. The Labute approximate surface area is 142 Å². The second kappa shape index (κ2) is 7.73. The van der Waals surface area contributed by atoms with Gasteiger partial charge in [0.15, 0.2) is 0 Å². The van der Waals surface area contributed by atoms with Gasteiger partial charge < -0.3 is 19.7 Å². The third-order valence-electron chi connectivity index (χ3n) is 3.68. The van der Waals surface area contributed by atoms with Gasteiger partial charge in [-0.1, -0.05) is 0 Å². The second-order valence-corrected chi connectivity index (χ2v) is 5.59. The fourth-order valence-corrected chi connectivity index (χ4v) is 2.42. The van der Waals surface area contributed by atoms with Crippen molar-refractivity contribution in [2.45, 2.75) is 32.0 Å². The maximum atomic E-state index is 12.1. The molecule has 1 aromatic carbocycles. The summed E-state index contributed by atoms with van der Waals surface area (Å²) in [6, 6.07) is 4.69. The molecule has 1 fully saturated rings. The monoisotopic (exact) mass is 360 g/mol. The molecule has 1 aliphatic rings. The van der Waals surface area contributed by atoms with Crippen LogP contribution in [-0.4, -0.2) is 44.4 Å². The van der Waals surface area contributed by atoms with Crippen molar-refractivity contribution in [2.75, 3.05) is 30.5 Å². The lowest BCUT2D eigenvalue weighted by molar-refractivity contribution is -0.184. The summed E-state index contributed by atoms with van der Waals surface area (Å²) in [5.41, 5.74) is 0.920. The van der Waals surface area contributed by atoms with Gasteiger partial charge in [-0.25, -0.2) is 0 Å². The minimum Gasteiger partial charge on any atom is -0.494 e. The minimum absolute atomic E-state index is 0.00995. The lowest BCUT2D eigenvalue weighted by Crippen LogP contribution is -2.31. The highest BCUT2D eigenvalue weighted by Crippen LogP contribution is 2.33. The zero-order valence-corrected chi connectivity index (χ0v) is 13.9. The topological polar surface area (TPSA) is 67.9 Å². The second-order valence-electron chi connectivity index (χ2n) is 5.59. The van der Waals surface area contributed by atoms with E-state index in [1.807, 2.05) is 0 Å². The highest BCUT2D eigenvalue weighted by molar-refractivity contribution is 5.98. The van der Waals surface area contributed by atoms with Crippen molar-refractivity contribution in [3.63, 3.8) is 0 Å². The van der Waals surface area contributed by atoms with Gasteiger partial charge in [-0.05, 0) is 25.5 Å². The van der Waals surface area contributed by atoms with Gasteiger partial charge in [-0.3, -0.25) is 9.59 Å². The van der Waals surface area contributed by atoms with E-state index in [4.69, 9.17) is 4.74 Å². The fourth-order valence-electron chi connectivity index (χ4n) is 2.42. The van der Waals surface area contributed by atoms with Crippen LogP contribution in [0.25, 0.3) is 0 Å². The number of ether oxygens (including phenoxy) is 2. The van der Waals surface area contributed by atoms with E-state index in [2.05, 4.69) is 10.1 Å². The van der Waals surface area contributed by atoms with Crippen LogP contribution in [0.1, 0.15) is 19.8 Å². The molecule has 0 saturated carbocycles. The van der Waals surface area contributed by atoms with Gasteiger partial charge in [-0.2, -0.15) is 13.2 Å². The maximum Gasteiger partial charge on any atom is 0.411 e. The number of amides is 2. The number of nitrogens with one attached hydrogen (secondary N) is 1. The first-order valence-corrected chi connectivity index (χ1v) is 7.69. The van der Waals surface area contributed by atoms with Gasteiger partial charge >= 0.3 is 6.18 Å². The molecule has 1 N–H and O–H groups in total. The molecule has 0 bridgehead atoms. The normalized spacial score (nSPS) is 16.0. The fraction of sp³-hybridized carbons (Fsp3) is 0.500. The predicted molar refractivity (Wildman–Crippen MR) is 84.7 cm³/mol. The van der Waals surface area contributed by atoms with Gasteiger partial charge in [0.25, 0.3) is 5.91 Å². The summed E-state index contributed by atoms with van der Waals surface area (Å²) >= 11 is 0. The van der Waals surface area contributed by atoms with Crippen LogP contribution in [0.15, 0.2) is 18.2 Å². The molecular formula is C16H19F3N2O4. The summed E-state index contributed by atoms with van der Waals surface area (Å²) in [6.45, 7) is 0.319. The summed E-state index contributed by atoms with van der Waals surface area (Å²) in [5, 5.41) is 2.47. The van der Waals surface area contributed by atoms with E-state index >= 15 is 0 Å². The molecule has 25 heavy (non-hydrogen) atoms. The van der Waals surface area contributed by atoms with E-state index in [0.29, 0.717) is 30.1 Å². The standard InChI is InChI=1S/C16H19F3N2O4/c1-10(25-9-16(17,18)19)15(23)20-11-5-6-12(13(8-11)24-2)21-7-3-4-14(21)22/h5-6,8,10H,3-4,7,9H2,1-2H3,(H,20,23)/t10-/m0/s1. The van der Waals surface area contributed by atoms with E-state index in [-0.39, 0.29) is 5.91 Å². The smallest absolute Gasteiger partial charge is 0.411 e. The molecule has 1 heterocycles. The van der Waals surface area contributed by atoms with Crippen molar-refractivity contribution in [3.8, 4) is 5.75 Å². The van der Waals surface area contributed by atoms with Crippen molar-refractivity contribution in [2.24, 2.45) is 0 Å². The molecule has 1 saturated heterocycles. The zero-order valence-electron chi connectivity index (χ0n) is 13.9. The van der Waals surface area contributed by atoms with Crippen LogP contribution in [0, 0.1) is 0 Å². The molecule has 0 radical (unpaired) electrons. The van der Waals surface area contributed by atoms with Crippen molar-refractivity contribution in [3.05, 3.63) is 18.2 Å². The van der Waals surface area contributed by atoms with Crippen molar-refractivity contribution < 1.29 is 32.2 Å². The number of carbonyl (C=O) groups excluding carboxylic acids is 2. The molecule has 1 atom stereocenters. The molecule has 2 rings (SSSR count). The average molecular weight is 360 g/mol. The Morgan fingerprint density at radius 2 is 2.12 bits per heavy atom. The lowest BCUT2D eigenvalue weighted by atomic mass is 10.2. The number of benzene rings is 1. The number of carbonyl (C=O) groups is 2. The van der Waals surface area contributed by atoms with Gasteiger partial charge in [-0.15, -0.1) is 0 Å². The van der Waals surface area contributed by atoms with Gasteiger partial charge in [0.1, 0.15) is 18.5 Å². The summed E-state index contributed by atoms with van der Waals surface area (Å²) in [7, 11) is 1.43. The van der Waals surface area contributed by atoms with Crippen LogP contribution in [-0.2, 0) is 14.3 Å². The zero-order chi connectivity index (χ0) is 18.6. The number of anilines is 2. The number of hydrogen-bond donors (Lipinski definition) is 1. The first-order chi connectivity index (χ1) is 11.7. The van der Waals surface area contributed by atoms with Gasteiger partial charge in [0.2, 0.25) is 5.91 Å². The number of rotatable bonds is 6. The molecule has 138 valence electrons. The van der Waals surface area contributed by atoms with Crippen molar-refractivity contribution in [1.29, 1.82) is 0 Å². The molecule has 6 nitrogen and oxygen atoms in total. The Hall–Kier alpha value is -2.29. The van der Waals surface area contributed by atoms with Crippen LogP contribution in [0.5, 0.6) is 5.75 Å². The quantitative estimate of drug-likeness (QED) is 0.847. The van der Waals surface area contributed by atoms with Crippen molar-refractivity contribution in [1.82, 2.24) is 0 Å². The van der Waals surface area contributed by atoms with Gasteiger partial charge in [0, 0.05) is 24.7 Å². The minimum atomic E-state index is -4.50. The molecule has 1 aliphatic heterocycles. The SMILES string of the molecule is COc1cc(NC(=O)[C@H](C)OCC(F)(F)F)ccc1N1CCCC1=O. The van der Waals surface area contributed by atoms with Crippen LogP contribution < -0.4 is 15.0 Å². The maximum absolute atomic E-state index is 12.1. The first kappa shape index (κ1) is 19.0. The van der Waals surface area contributed by atoms with Crippen LogP contribution in [0.3, 0.4) is 0 Å². The Balaban J connectivity index is 2.05. The lowest BCUT2D eigenvalue weighted by Gasteiger charge is -2.20.